The quantitative estimate of drug-likeness (QED) is 0.765. The molecule has 0 spiro atoms. The highest BCUT2D eigenvalue weighted by molar-refractivity contribution is 7.99. The monoisotopic (exact) mass is 214 g/mol. The molecule has 0 aromatic heterocycles. The van der Waals surface area contributed by atoms with E-state index >= 15 is 0 Å². The topological polar surface area (TPSA) is 15.3 Å². The van der Waals surface area contributed by atoms with E-state index in [1.807, 2.05) is 0 Å². The molecule has 3 atom stereocenters. The molecule has 0 saturated carbocycles. The van der Waals surface area contributed by atoms with Crippen LogP contribution in [0.5, 0.6) is 0 Å². The minimum Gasteiger partial charge on any atom is -0.314 e. The van der Waals surface area contributed by atoms with Crippen LogP contribution in [0.2, 0.25) is 0 Å². The van der Waals surface area contributed by atoms with Gasteiger partial charge in [-0.2, -0.15) is 11.8 Å². The summed E-state index contributed by atoms with van der Waals surface area (Å²) in [6, 6.07) is 1.58. The third-order valence-electron chi connectivity index (χ3n) is 3.74. The smallest absolute Gasteiger partial charge is 0.0191 e. The van der Waals surface area contributed by atoms with Crippen LogP contribution in [0.1, 0.15) is 19.8 Å². The number of hydrogen-bond acceptors (Lipinski definition) is 3. The van der Waals surface area contributed by atoms with Crippen molar-refractivity contribution >= 4 is 11.8 Å². The Balaban J connectivity index is 1.78. The van der Waals surface area contributed by atoms with E-state index in [1.54, 1.807) is 0 Å². The van der Waals surface area contributed by atoms with Crippen LogP contribution in [0.4, 0.5) is 0 Å². The molecule has 14 heavy (non-hydrogen) atoms. The first kappa shape index (κ1) is 10.8. The molecule has 0 aromatic rings. The Morgan fingerprint density at radius 2 is 2.29 bits per heavy atom. The van der Waals surface area contributed by atoms with Gasteiger partial charge in [0.15, 0.2) is 0 Å². The van der Waals surface area contributed by atoms with Crippen LogP contribution in [0.15, 0.2) is 0 Å². The Hall–Kier alpha value is 0.270. The van der Waals surface area contributed by atoms with Crippen molar-refractivity contribution in [1.82, 2.24) is 10.2 Å². The Labute approximate surface area is 91.8 Å². The predicted molar refractivity (Wildman–Crippen MR) is 63.9 cm³/mol. The molecule has 82 valence electrons. The van der Waals surface area contributed by atoms with Gasteiger partial charge in [-0.15, -0.1) is 0 Å². The zero-order chi connectivity index (χ0) is 9.97. The summed E-state index contributed by atoms with van der Waals surface area (Å²) in [5, 5.41) is 3.53. The maximum atomic E-state index is 3.53. The summed E-state index contributed by atoms with van der Waals surface area (Å²) in [6.07, 6.45) is 2.76. The Morgan fingerprint density at radius 1 is 1.43 bits per heavy atom. The van der Waals surface area contributed by atoms with Gasteiger partial charge in [-0.25, -0.2) is 0 Å². The van der Waals surface area contributed by atoms with E-state index in [0.717, 1.165) is 18.0 Å². The second-order valence-corrected chi connectivity index (χ2v) is 5.90. The maximum absolute atomic E-state index is 3.53. The third kappa shape index (κ3) is 2.44. The molecular weight excluding hydrogens is 192 g/mol. The second kappa shape index (κ2) is 4.86. The molecule has 3 heteroatoms. The molecule has 0 radical (unpaired) electrons. The average Bonchev–Trinajstić information content (AvgIpc) is 2.77. The van der Waals surface area contributed by atoms with Crippen LogP contribution >= 0.6 is 11.8 Å². The lowest BCUT2D eigenvalue weighted by molar-refractivity contribution is 0.215. The van der Waals surface area contributed by atoms with Crippen LogP contribution in [0, 0.1) is 5.92 Å². The number of nitrogens with zero attached hydrogens (tertiary/aromatic N) is 1. The van der Waals surface area contributed by atoms with Crippen molar-refractivity contribution in [2.75, 3.05) is 31.6 Å². The molecule has 0 aromatic carbocycles. The van der Waals surface area contributed by atoms with Crippen molar-refractivity contribution in [2.24, 2.45) is 5.92 Å². The van der Waals surface area contributed by atoms with Crippen LogP contribution in [0.25, 0.3) is 0 Å². The van der Waals surface area contributed by atoms with Gasteiger partial charge in [0.2, 0.25) is 0 Å². The molecule has 3 unspecified atom stereocenters. The summed E-state index contributed by atoms with van der Waals surface area (Å²) in [5.74, 6) is 3.60. The third-order valence-corrected chi connectivity index (χ3v) is 4.88. The number of thioether (sulfide) groups is 1. The van der Waals surface area contributed by atoms with Gasteiger partial charge in [0.05, 0.1) is 0 Å². The Kier molecular flexibility index (Phi) is 3.74. The number of nitrogens with one attached hydrogen (secondary N) is 1. The van der Waals surface area contributed by atoms with E-state index in [9.17, 15) is 0 Å². The van der Waals surface area contributed by atoms with Gasteiger partial charge in [0.1, 0.15) is 0 Å². The summed E-state index contributed by atoms with van der Waals surface area (Å²) < 4.78 is 0. The SMILES string of the molecule is CC1NCCC1CN(C)C1CCSC1. The van der Waals surface area contributed by atoms with Crippen LogP contribution in [0.3, 0.4) is 0 Å². The summed E-state index contributed by atoms with van der Waals surface area (Å²) in [4.78, 5) is 2.59. The van der Waals surface area contributed by atoms with Gasteiger partial charge in [-0.3, -0.25) is 0 Å². The van der Waals surface area contributed by atoms with Gasteiger partial charge in [-0.05, 0) is 45.0 Å². The van der Waals surface area contributed by atoms with E-state index in [4.69, 9.17) is 0 Å². The van der Waals surface area contributed by atoms with Crippen LogP contribution in [-0.4, -0.2) is 48.6 Å². The van der Waals surface area contributed by atoms with Gasteiger partial charge in [0.25, 0.3) is 0 Å². The van der Waals surface area contributed by atoms with Crippen molar-refractivity contribution in [2.45, 2.75) is 31.8 Å². The molecule has 1 N–H and O–H groups in total. The van der Waals surface area contributed by atoms with Gasteiger partial charge in [-0.1, -0.05) is 0 Å². The summed E-state index contributed by atoms with van der Waals surface area (Å²) in [6.45, 7) is 4.84. The van der Waals surface area contributed by atoms with E-state index in [0.29, 0.717) is 0 Å². The molecule has 0 amide bonds. The molecule has 2 aliphatic rings. The van der Waals surface area contributed by atoms with E-state index in [1.165, 1.54) is 37.4 Å². The van der Waals surface area contributed by atoms with E-state index in [2.05, 4.69) is 35.9 Å². The Bertz CT molecular complexity index is 180. The zero-order valence-electron chi connectivity index (χ0n) is 9.33. The number of rotatable bonds is 3. The molecule has 2 aliphatic heterocycles. The fraction of sp³-hybridized carbons (Fsp3) is 1.00. The van der Waals surface area contributed by atoms with Crippen molar-refractivity contribution in [3.8, 4) is 0 Å². The standard InChI is InChI=1S/C11H22N2S/c1-9-10(3-5-12-9)7-13(2)11-4-6-14-8-11/h9-12H,3-8H2,1-2H3. The van der Waals surface area contributed by atoms with Crippen molar-refractivity contribution in [3.63, 3.8) is 0 Å². The molecule has 0 aliphatic carbocycles. The minimum absolute atomic E-state index is 0.728. The van der Waals surface area contributed by atoms with Crippen molar-refractivity contribution in [3.05, 3.63) is 0 Å². The first-order chi connectivity index (χ1) is 6.77. The minimum atomic E-state index is 0.728. The summed E-state index contributed by atoms with van der Waals surface area (Å²) >= 11 is 2.11. The van der Waals surface area contributed by atoms with Gasteiger partial charge in [0, 0.05) is 24.4 Å². The predicted octanol–water partition coefficient (Wildman–Crippen LogP) is 1.42. The molecule has 2 saturated heterocycles. The average molecular weight is 214 g/mol. The fourth-order valence-corrected chi connectivity index (χ4v) is 3.85. The van der Waals surface area contributed by atoms with Crippen LogP contribution < -0.4 is 5.32 Å². The summed E-state index contributed by atoms with van der Waals surface area (Å²) in [7, 11) is 2.31. The molecule has 2 nitrogen and oxygen atoms in total. The molecular formula is C11H22N2S. The highest BCUT2D eigenvalue weighted by atomic mass is 32.2. The van der Waals surface area contributed by atoms with Gasteiger partial charge >= 0.3 is 0 Å². The Morgan fingerprint density at radius 3 is 2.86 bits per heavy atom. The van der Waals surface area contributed by atoms with E-state index < -0.39 is 0 Å². The van der Waals surface area contributed by atoms with Crippen LogP contribution in [-0.2, 0) is 0 Å². The highest BCUT2D eigenvalue weighted by Crippen LogP contribution is 2.24. The molecule has 2 heterocycles. The largest absolute Gasteiger partial charge is 0.314 e. The first-order valence-corrected chi connectivity index (χ1v) is 6.94. The summed E-state index contributed by atoms with van der Waals surface area (Å²) in [5.41, 5.74) is 0. The van der Waals surface area contributed by atoms with Crippen molar-refractivity contribution < 1.29 is 0 Å². The fourth-order valence-electron chi connectivity index (χ4n) is 2.55. The first-order valence-electron chi connectivity index (χ1n) is 5.78. The number of hydrogen-bond donors (Lipinski definition) is 1. The van der Waals surface area contributed by atoms with Crippen molar-refractivity contribution in [1.29, 1.82) is 0 Å². The lowest BCUT2D eigenvalue weighted by Gasteiger charge is -2.28. The lowest BCUT2D eigenvalue weighted by Crippen LogP contribution is -2.38. The zero-order valence-corrected chi connectivity index (χ0v) is 10.1. The molecule has 0 bridgehead atoms. The molecule has 2 fully saturated rings. The van der Waals surface area contributed by atoms with E-state index in [-0.39, 0.29) is 0 Å². The molecule has 2 rings (SSSR count). The normalized spacial score (nSPS) is 38.4. The van der Waals surface area contributed by atoms with Gasteiger partial charge < -0.3 is 10.2 Å². The maximum Gasteiger partial charge on any atom is 0.0191 e. The highest BCUT2D eigenvalue weighted by Gasteiger charge is 2.27. The lowest BCUT2D eigenvalue weighted by atomic mass is 10.0. The second-order valence-electron chi connectivity index (χ2n) is 4.75.